The molecule has 0 aliphatic heterocycles. The molecule has 0 aliphatic carbocycles. The van der Waals surface area contributed by atoms with Crippen LogP contribution >= 0.6 is 12.2 Å². The zero-order valence-corrected chi connectivity index (χ0v) is 8.62. The van der Waals surface area contributed by atoms with Crippen molar-refractivity contribution in [3.63, 3.8) is 0 Å². The highest BCUT2D eigenvalue weighted by atomic mass is 32.1. The van der Waals surface area contributed by atoms with E-state index in [4.69, 9.17) is 0 Å². The number of carbonyl (C=O) groups excluding carboxylic acids is 1. The van der Waals surface area contributed by atoms with Crippen molar-refractivity contribution in [3.05, 3.63) is 48.0 Å². The number of benzene rings is 2. The van der Waals surface area contributed by atoms with E-state index in [2.05, 4.69) is 22.4 Å². The third kappa shape index (κ3) is 1.84. The van der Waals surface area contributed by atoms with Gasteiger partial charge in [0, 0.05) is 0 Å². The Kier molecular flexibility index (Phi) is 2.68. The summed E-state index contributed by atoms with van der Waals surface area (Å²) >= 11 is 4.41. The molecule has 0 bridgehead atoms. The molecule has 0 fully saturated rings. The minimum absolute atomic E-state index is 0.346. The van der Waals surface area contributed by atoms with Gasteiger partial charge in [0.05, 0.1) is 10.7 Å². The van der Waals surface area contributed by atoms with Gasteiger partial charge in [0.2, 0.25) is 0 Å². The first-order valence-electron chi connectivity index (χ1n) is 4.43. The van der Waals surface area contributed by atoms with Gasteiger partial charge >= 0.3 is 0 Å². The Morgan fingerprint density at radius 3 is 2.67 bits per heavy atom. The van der Waals surface area contributed by atoms with E-state index >= 15 is 0 Å². The number of rotatable bonds is 1. The topological polar surface area (TPSA) is 29.4 Å². The summed E-state index contributed by atoms with van der Waals surface area (Å²) in [7, 11) is 0. The normalized spacial score (nSPS) is 9.60. The van der Waals surface area contributed by atoms with Crippen LogP contribution < -0.4 is 0 Å². The molecule has 3 heteroatoms. The smallest absolute Gasteiger partial charge is 0.266 e. The average molecular weight is 213 g/mol. The number of hydrogen-bond donors (Lipinski definition) is 0. The fourth-order valence-electron chi connectivity index (χ4n) is 1.51. The summed E-state index contributed by atoms with van der Waals surface area (Å²) in [6.45, 7) is 0. The quantitative estimate of drug-likeness (QED) is 0.538. The summed E-state index contributed by atoms with van der Waals surface area (Å²) < 4.78 is 0. The molecule has 15 heavy (non-hydrogen) atoms. The van der Waals surface area contributed by atoms with E-state index in [1.807, 2.05) is 36.4 Å². The van der Waals surface area contributed by atoms with Crippen LogP contribution in [0.2, 0.25) is 0 Å². The molecule has 0 unspecified atom stereocenters. The minimum atomic E-state index is -0.346. The van der Waals surface area contributed by atoms with E-state index in [-0.39, 0.29) is 5.91 Å². The number of hydrogen-bond acceptors (Lipinski definition) is 2. The Morgan fingerprint density at radius 1 is 1.13 bits per heavy atom. The predicted octanol–water partition coefficient (Wildman–Crippen LogP) is 3.08. The van der Waals surface area contributed by atoms with Gasteiger partial charge in [-0.05, 0) is 29.1 Å². The largest absolute Gasteiger partial charge is 0.286 e. The molecular formula is C12H7NOS. The second-order valence-corrected chi connectivity index (χ2v) is 3.22. The zero-order valence-electron chi connectivity index (χ0n) is 7.81. The van der Waals surface area contributed by atoms with Crippen LogP contribution in [0.4, 0.5) is 0 Å². The van der Waals surface area contributed by atoms with Crippen LogP contribution in [0.3, 0.4) is 0 Å². The van der Waals surface area contributed by atoms with Crippen molar-refractivity contribution in [3.8, 4) is 0 Å². The number of carbonyl (C=O) groups is 1. The van der Waals surface area contributed by atoms with Crippen molar-refractivity contribution in [1.82, 2.24) is 0 Å². The maximum atomic E-state index is 11.6. The first-order valence-corrected chi connectivity index (χ1v) is 4.84. The third-order valence-corrected chi connectivity index (χ3v) is 2.26. The van der Waals surface area contributed by atoms with Crippen LogP contribution in [0, 0.1) is 0 Å². The minimum Gasteiger partial charge on any atom is -0.266 e. The van der Waals surface area contributed by atoms with Gasteiger partial charge in [-0.15, -0.1) is 0 Å². The SMILES string of the molecule is O=C(N=C=S)c1cccc2ccccc12. The van der Waals surface area contributed by atoms with E-state index in [9.17, 15) is 4.79 Å². The maximum absolute atomic E-state index is 11.6. The highest BCUT2D eigenvalue weighted by molar-refractivity contribution is 7.78. The van der Waals surface area contributed by atoms with Crippen LogP contribution in [0.5, 0.6) is 0 Å². The molecule has 0 saturated heterocycles. The van der Waals surface area contributed by atoms with E-state index in [0.29, 0.717) is 5.56 Å². The lowest BCUT2D eigenvalue weighted by molar-refractivity contribution is 0.101. The summed E-state index contributed by atoms with van der Waals surface area (Å²) in [6.07, 6.45) is 0. The molecule has 0 saturated carbocycles. The van der Waals surface area contributed by atoms with E-state index in [1.165, 1.54) is 0 Å². The van der Waals surface area contributed by atoms with Crippen LogP contribution in [-0.4, -0.2) is 11.1 Å². The molecule has 1 amide bonds. The molecule has 0 aromatic heterocycles. The highest BCUT2D eigenvalue weighted by Gasteiger charge is 2.07. The third-order valence-electron chi connectivity index (χ3n) is 2.17. The van der Waals surface area contributed by atoms with E-state index < -0.39 is 0 Å². The zero-order chi connectivity index (χ0) is 10.7. The molecule has 2 nitrogen and oxygen atoms in total. The van der Waals surface area contributed by atoms with Gasteiger partial charge in [0.15, 0.2) is 0 Å². The van der Waals surface area contributed by atoms with E-state index in [0.717, 1.165) is 10.8 Å². The molecule has 0 spiro atoms. The molecule has 0 heterocycles. The molecule has 0 atom stereocenters. The second kappa shape index (κ2) is 4.13. The van der Waals surface area contributed by atoms with Crippen LogP contribution in [0.15, 0.2) is 47.5 Å². The van der Waals surface area contributed by atoms with Gasteiger partial charge in [-0.2, -0.15) is 4.99 Å². The molecule has 2 aromatic rings. The molecule has 0 N–H and O–H groups in total. The number of aliphatic imine (C=N–C) groups is 1. The fourth-order valence-corrected chi connectivity index (χ4v) is 1.60. The number of isothiocyanates is 1. The van der Waals surface area contributed by atoms with Crippen LogP contribution in [0.25, 0.3) is 10.8 Å². The average Bonchev–Trinajstić information content (AvgIpc) is 2.28. The lowest BCUT2D eigenvalue weighted by Gasteiger charge is -2.01. The maximum Gasteiger partial charge on any atom is 0.286 e. The Morgan fingerprint density at radius 2 is 1.87 bits per heavy atom. The van der Waals surface area contributed by atoms with Gasteiger partial charge in [-0.3, -0.25) is 4.79 Å². The molecule has 0 radical (unpaired) electrons. The van der Waals surface area contributed by atoms with Gasteiger partial charge in [0.25, 0.3) is 5.91 Å². The number of fused-ring (bicyclic) bond motifs is 1. The van der Waals surface area contributed by atoms with E-state index in [1.54, 1.807) is 6.07 Å². The van der Waals surface area contributed by atoms with Crippen LogP contribution in [-0.2, 0) is 0 Å². The molecule has 2 rings (SSSR count). The number of nitrogens with zero attached hydrogens (tertiary/aromatic N) is 1. The second-order valence-electron chi connectivity index (χ2n) is 3.03. The standard InChI is InChI=1S/C12H7NOS/c14-12(13-8-15)11-7-3-5-9-4-1-2-6-10(9)11/h1-7H. The van der Waals surface area contributed by atoms with Crippen molar-refractivity contribution >= 4 is 34.1 Å². The van der Waals surface area contributed by atoms with Crippen molar-refractivity contribution in [2.45, 2.75) is 0 Å². The number of amides is 1. The van der Waals surface area contributed by atoms with Gasteiger partial charge in [-0.1, -0.05) is 36.4 Å². The van der Waals surface area contributed by atoms with Crippen molar-refractivity contribution < 1.29 is 4.79 Å². The van der Waals surface area contributed by atoms with Crippen molar-refractivity contribution in [1.29, 1.82) is 0 Å². The Labute approximate surface area is 92.3 Å². The van der Waals surface area contributed by atoms with Gasteiger partial charge in [0.1, 0.15) is 0 Å². The lowest BCUT2D eigenvalue weighted by Crippen LogP contribution is -1.94. The predicted molar refractivity (Wildman–Crippen MR) is 63.3 cm³/mol. The molecule has 0 aliphatic rings. The Bertz CT molecular complexity index is 565. The summed E-state index contributed by atoms with van der Waals surface area (Å²) in [5, 5.41) is 3.99. The summed E-state index contributed by atoms with van der Waals surface area (Å²) in [6, 6.07) is 13.2. The Balaban J connectivity index is 2.71. The van der Waals surface area contributed by atoms with Gasteiger partial charge < -0.3 is 0 Å². The first-order chi connectivity index (χ1) is 7.33. The first kappa shape index (κ1) is 9.71. The molecule has 72 valence electrons. The van der Waals surface area contributed by atoms with Crippen LogP contribution in [0.1, 0.15) is 10.4 Å². The monoisotopic (exact) mass is 213 g/mol. The highest BCUT2D eigenvalue weighted by Crippen LogP contribution is 2.18. The summed E-state index contributed by atoms with van der Waals surface area (Å²) in [5.74, 6) is -0.346. The summed E-state index contributed by atoms with van der Waals surface area (Å²) in [5.41, 5.74) is 0.561. The van der Waals surface area contributed by atoms with Gasteiger partial charge in [-0.25, -0.2) is 0 Å². The van der Waals surface area contributed by atoms with Crippen molar-refractivity contribution in [2.75, 3.05) is 0 Å². The fraction of sp³-hybridized carbons (Fsp3) is 0. The van der Waals surface area contributed by atoms with Crippen molar-refractivity contribution in [2.24, 2.45) is 4.99 Å². The summed E-state index contributed by atoms with van der Waals surface area (Å²) in [4.78, 5) is 15.0. The molecular weight excluding hydrogens is 206 g/mol. The Hall–Kier alpha value is -1.83. The lowest BCUT2D eigenvalue weighted by atomic mass is 10.0. The number of thiocarbonyl (C=S) groups is 1. The molecule has 2 aromatic carbocycles.